The van der Waals surface area contributed by atoms with Crippen molar-refractivity contribution in [2.75, 3.05) is 7.11 Å². The molecule has 0 radical (unpaired) electrons. The average molecular weight is 350 g/mol. The lowest BCUT2D eigenvalue weighted by atomic mass is 10.1. The molecule has 2 aromatic carbocycles. The van der Waals surface area contributed by atoms with Crippen molar-refractivity contribution >= 4 is 38.3 Å². The number of hydrogen-bond acceptors (Lipinski definition) is 3. The molecule has 0 amide bonds. The first-order valence-electron chi connectivity index (χ1n) is 5.95. The van der Waals surface area contributed by atoms with Crippen LogP contribution in [0.3, 0.4) is 0 Å². The molecule has 5 heteroatoms. The van der Waals surface area contributed by atoms with Crippen molar-refractivity contribution in [3.8, 4) is 17.0 Å². The molecule has 3 aromatic rings. The average Bonchev–Trinajstić information content (AvgIpc) is 2.48. The molecule has 3 nitrogen and oxygen atoms in total. The molecule has 0 fully saturated rings. The highest BCUT2D eigenvalue weighted by atomic mass is 79.9. The lowest BCUT2D eigenvalue weighted by Gasteiger charge is -2.08. The molecule has 0 spiro atoms. The summed E-state index contributed by atoms with van der Waals surface area (Å²) >= 11 is 9.58. The van der Waals surface area contributed by atoms with Crippen LogP contribution in [0.4, 0.5) is 0 Å². The van der Waals surface area contributed by atoms with Crippen LogP contribution in [0.25, 0.3) is 22.0 Å². The van der Waals surface area contributed by atoms with E-state index in [1.165, 1.54) is 0 Å². The molecule has 0 aliphatic carbocycles. The highest BCUT2D eigenvalue weighted by molar-refractivity contribution is 9.10. The van der Waals surface area contributed by atoms with Crippen molar-refractivity contribution in [1.82, 2.24) is 10.2 Å². The molecule has 100 valence electrons. The molecule has 20 heavy (non-hydrogen) atoms. The molecule has 0 aliphatic heterocycles. The topological polar surface area (TPSA) is 35.0 Å². The van der Waals surface area contributed by atoms with Crippen molar-refractivity contribution in [1.29, 1.82) is 0 Å². The van der Waals surface area contributed by atoms with Gasteiger partial charge in [-0.3, -0.25) is 0 Å². The Morgan fingerprint density at radius 3 is 2.50 bits per heavy atom. The minimum atomic E-state index is 0.414. The number of aromatic nitrogens is 2. The van der Waals surface area contributed by atoms with E-state index in [4.69, 9.17) is 16.3 Å². The van der Waals surface area contributed by atoms with Crippen molar-refractivity contribution in [3.63, 3.8) is 0 Å². The van der Waals surface area contributed by atoms with E-state index in [0.29, 0.717) is 5.15 Å². The molecule has 0 aliphatic rings. The maximum atomic E-state index is 6.09. The zero-order chi connectivity index (χ0) is 14.1. The Labute approximate surface area is 129 Å². The Bertz CT molecular complexity index is 792. The van der Waals surface area contributed by atoms with E-state index in [9.17, 15) is 0 Å². The van der Waals surface area contributed by atoms with Gasteiger partial charge in [0.2, 0.25) is 0 Å². The fraction of sp³-hybridized carbons (Fsp3) is 0.0667. The smallest absolute Gasteiger partial charge is 0.159 e. The van der Waals surface area contributed by atoms with Crippen LogP contribution in [-0.4, -0.2) is 17.3 Å². The predicted molar refractivity (Wildman–Crippen MR) is 84.2 cm³/mol. The second kappa shape index (κ2) is 5.38. The Morgan fingerprint density at radius 1 is 1.05 bits per heavy atom. The Kier molecular flexibility index (Phi) is 3.59. The van der Waals surface area contributed by atoms with Gasteiger partial charge in [-0.05, 0) is 34.1 Å². The fourth-order valence-electron chi connectivity index (χ4n) is 2.10. The van der Waals surface area contributed by atoms with Crippen LogP contribution in [0.15, 0.2) is 46.9 Å². The summed E-state index contributed by atoms with van der Waals surface area (Å²) in [7, 11) is 1.64. The van der Waals surface area contributed by atoms with E-state index in [1.54, 1.807) is 7.11 Å². The number of ether oxygens (including phenoxy) is 1. The highest BCUT2D eigenvalue weighted by Crippen LogP contribution is 2.33. The minimum absolute atomic E-state index is 0.414. The molecule has 1 heterocycles. The number of methoxy groups -OCH3 is 1. The molecule has 3 rings (SSSR count). The van der Waals surface area contributed by atoms with E-state index in [0.717, 1.165) is 32.3 Å². The molecule has 0 atom stereocenters. The quantitative estimate of drug-likeness (QED) is 0.671. The number of fused-ring (bicyclic) bond motifs is 1. The molecule has 0 saturated carbocycles. The molecule has 1 aromatic heterocycles. The molecule has 0 unspecified atom stereocenters. The van der Waals surface area contributed by atoms with Gasteiger partial charge in [-0.25, -0.2) is 0 Å². The summed E-state index contributed by atoms with van der Waals surface area (Å²) in [5, 5.41) is 10.5. The third kappa shape index (κ3) is 2.25. The number of nitrogens with zero attached hydrogens (tertiary/aromatic N) is 2. The van der Waals surface area contributed by atoms with Crippen LogP contribution in [0.2, 0.25) is 5.15 Å². The van der Waals surface area contributed by atoms with Crippen LogP contribution in [-0.2, 0) is 0 Å². The van der Waals surface area contributed by atoms with Crippen LogP contribution < -0.4 is 4.74 Å². The van der Waals surface area contributed by atoms with Crippen LogP contribution in [0.5, 0.6) is 5.75 Å². The maximum absolute atomic E-state index is 6.09. The standard InChI is InChI=1S/C15H10BrClN2O/c1-20-13-7-6-9(8-12(13)16)14-10-4-2-3-5-11(10)15(17)19-18-14/h2-8H,1H3. The summed E-state index contributed by atoms with van der Waals surface area (Å²) in [6.07, 6.45) is 0. The third-order valence-electron chi connectivity index (χ3n) is 3.07. The molecular formula is C15H10BrClN2O. The van der Waals surface area contributed by atoms with E-state index < -0.39 is 0 Å². The van der Waals surface area contributed by atoms with Gasteiger partial charge < -0.3 is 4.74 Å². The summed E-state index contributed by atoms with van der Waals surface area (Å²) in [5.74, 6) is 0.778. The molecular weight excluding hydrogens is 340 g/mol. The van der Waals surface area contributed by atoms with Gasteiger partial charge in [0.1, 0.15) is 11.4 Å². The predicted octanol–water partition coefficient (Wildman–Crippen LogP) is 4.72. The van der Waals surface area contributed by atoms with Crippen LogP contribution >= 0.6 is 27.5 Å². The zero-order valence-corrected chi connectivity index (χ0v) is 12.9. The zero-order valence-electron chi connectivity index (χ0n) is 10.6. The number of halogens is 2. The first-order valence-corrected chi connectivity index (χ1v) is 7.12. The van der Waals surface area contributed by atoms with E-state index >= 15 is 0 Å². The molecule has 0 saturated heterocycles. The number of hydrogen-bond donors (Lipinski definition) is 0. The highest BCUT2D eigenvalue weighted by Gasteiger charge is 2.11. The SMILES string of the molecule is COc1ccc(-c2nnc(Cl)c3ccccc23)cc1Br. The Balaban J connectivity index is 2.25. The third-order valence-corrected chi connectivity index (χ3v) is 3.97. The van der Waals surface area contributed by atoms with Gasteiger partial charge >= 0.3 is 0 Å². The van der Waals surface area contributed by atoms with Crippen LogP contribution in [0, 0.1) is 0 Å². The number of benzene rings is 2. The van der Waals surface area contributed by atoms with Gasteiger partial charge in [0, 0.05) is 16.3 Å². The van der Waals surface area contributed by atoms with Crippen molar-refractivity contribution in [2.45, 2.75) is 0 Å². The van der Waals surface area contributed by atoms with Crippen molar-refractivity contribution in [2.24, 2.45) is 0 Å². The summed E-state index contributed by atoms with van der Waals surface area (Å²) in [6.45, 7) is 0. The van der Waals surface area contributed by atoms with E-state index in [-0.39, 0.29) is 0 Å². The normalized spacial score (nSPS) is 10.8. The molecule has 0 bridgehead atoms. The fourth-order valence-corrected chi connectivity index (χ4v) is 2.84. The van der Waals surface area contributed by atoms with Crippen LogP contribution in [0.1, 0.15) is 0 Å². The second-order valence-electron chi connectivity index (χ2n) is 4.23. The van der Waals surface area contributed by atoms with E-state index in [1.807, 2.05) is 42.5 Å². The summed E-state index contributed by atoms with van der Waals surface area (Å²) in [5.41, 5.74) is 1.76. The summed E-state index contributed by atoms with van der Waals surface area (Å²) < 4.78 is 6.11. The second-order valence-corrected chi connectivity index (χ2v) is 5.45. The lowest BCUT2D eigenvalue weighted by molar-refractivity contribution is 0.412. The Morgan fingerprint density at radius 2 is 1.80 bits per heavy atom. The first kappa shape index (κ1) is 13.3. The molecule has 0 N–H and O–H groups in total. The van der Waals surface area contributed by atoms with Gasteiger partial charge in [-0.2, -0.15) is 0 Å². The maximum Gasteiger partial charge on any atom is 0.159 e. The monoisotopic (exact) mass is 348 g/mol. The van der Waals surface area contributed by atoms with E-state index in [2.05, 4.69) is 26.1 Å². The van der Waals surface area contributed by atoms with Gasteiger partial charge in [0.15, 0.2) is 5.15 Å². The van der Waals surface area contributed by atoms with Crippen molar-refractivity contribution in [3.05, 3.63) is 52.1 Å². The minimum Gasteiger partial charge on any atom is -0.496 e. The lowest BCUT2D eigenvalue weighted by Crippen LogP contribution is -1.92. The summed E-state index contributed by atoms with van der Waals surface area (Å²) in [6, 6.07) is 13.6. The van der Waals surface area contributed by atoms with Gasteiger partial charge in [-0.1, -0.05) is 35.9 Å². The summed E-state index contributed by atoms with van der Waals surface area (Å²) in [4.78, 5) is 0. The van der Waals surface area contributed by atoms with Gasteiger partial charge in [-0.15, -0.1) is 10.2 Å². The number of rotatable bonds is 2. The Hall–Kier alpha value is -1.65. The van der Waals surface area contributed by atoms with Gasteiger partial charge in [0.05, 0.1) is 11.6 Å². The van der Waals surface area contributed by atoms with Crippen molar-refractivity contribution < 1.29 is 4.74 Å². The largest absolute Gasteiger partial charge is 0.496 e. The first-order chi connectivity index (χ1) is 9.70. The van der Waals surface area contributed by atoms with Gasteiger partial charge in [0.25, 0.3) is 0 Å².